The lowest BCUT2D eigenvalue weighted by atomic mass is 9.84. The quantitative estimate of drug-likeness (QED) is 0.387. The van der Waals surface area contributed by atoms with Gasteiger partial charge in [0.2, 0.25) is 5.91 Å². The molecule has 2 amide bonds. The first-order valence-electron chi connectivity index (χ1n) is 17.2. The second-order valence-corrected chi connectivity index (χ2v) is 13.9. The van der Waals surface area contributed by atoms with Gasteiger partial charge in [-0.3, -0.25) is 14.5 Å². The van der Waals surface area contributed by atoms with Crippen LogP contribution in [0.5, 0.6) is 0 Å². The molecule has 3 unspecified atom stereocenters. The molecular formula is C37H55N5O3. The smallest absolute Gasteiger partial charge is 0.251 e. The maximum atomic E-state index is 13.9. The third-order valence-electron chi connectivity index (χ3n) is 10.5. The Labute approximate surface area is 270 Å². The summed E-state index contributed by atoms with van der Waals surface area (Å²) in [5, 5.41) is 6.23. The Morgan fingerprint density at radius 2 is 1.67 bits per heavy atom. The number of benzene rings is 2. The van der Waals surface area contributed by atoms with Crippen LogP contribution in [0.15, 0.2) is 36.4 Å². The van der Waals surface area contributed by atoms with Gasteiger partial charge in [0.25, 0.3) is 5.91 Å². The molecule has 1 aliphatic carbocycles. The Balaban J connectivity index is 1.42. The summed E-state index contributed by atoms with van der Waals surface area (Å²) in [4.78, 5) is 34.0. The van der Waals surface area contributed by atoms with Gasteiger partial charge in [-0.2, -0.15) is 0 Å². The predicted molar refractivity (Wildman–Crippen MR) is 183 cm³/mol. The monoisotopic (exact) mass is 617 g/mol. The fourth-order valence-electron chi connectivity index (χ4n) is 7.71. The Hall–Kier alpha value is -2.94. The van der Waals surface area contributed by atoms with Crippen molar-refractivity contribution in [3.8, 4) is 11.1 Å². The first kappa shape index (κ1) is 33.4. The van der Waals surface area contributed by atoms with Gasteiger partial charge in [-0.15, -0.1) is 0 Å². The van der Waals surface area contributed by atoms with E-state index in [0.29, 0.717) is 24.2 Å². The number of hydrogen-bond donors (Lipinski definition) is 2. The Bertz CT molecular complexity index is 1300. The van der Waals surface area contributed by atoms with Crippen molar-refractivity contribution >= 4 is 17.5 Å². The van der Waals surface area contributed by atoms with Crippen LogP contribution >= 0.6 is 0 Å². The minimum Gasteiger partial charge on any atom is -0.379 e. The van der Waals surface area contributed by atoms with E-state index in [4.69, 9.17) is 4.74 Å². The molecular weight excluding hydrogens is 562 g/mol. The van der Waals surface area contributed by atoms with E-state index < -0.39 is 0 Å². The minimum atomic E-state index is -0.217. The Morgan fingerprint density at radius 3 is 2.29 bits per heavy atom. The number of rotatable bonds is 10. The standard InChI is InChI=1S/C37H55N5O3/c1-7-42(32-14-12-31(13-15-32)40(5)6)35-22-30(29-10-8-28(9-11-29)24-41-16-18-45-19-17-41)21-33(27(35)4)36(43)38-23-34-25(2)20-26(3)39-37(34)44/h8-11,21-22,25-26,31-32,34H,7,12-20,23-24H2,1-6H3,(H,38,43)(H,39,44)/t25?,26?,31-,32-,34?. The maximum Gasteiger partial charge on any atom is 0.251 e. The molecule has 2 N–H and O–H groups in total. The number of ether oxygens (including phenoxy) is 1. The molecule has 0 aromatic heterocycles. The predicted octanol–water partition coefficient (Wildman–Crippen LogP) is 5.08. The van der Waals surface area contributed by atoms with Crippen molar-refractivity contribution in [3.05, 3.63) is 53.1 Å². The summed E-state index contributed by atoms with van der Waals surface area (Å²) in [7, 11) is 4.37. The van der Waals surface area contributed by atoms with Gasteiger partial charge in [0.15, 0.2) is 0 Å². The largest absolute Gasteiger partial charge is 0.379 e. The molecule has 0 spiro atoms. The Morgan fingerprint density at radius 1 is 1.00 bits per heavy atom. The number of carbonyl (C=O) groups is 2. The number of hydrogen-bond acceptors (Lipinski definition) is 6. The van der Waals surface area contributed by atoms with Crippen molar-refractivity contribution in [1.82, 2.24) is 20.4 Å². The van der Waals surface area contributed by atoms with Gasteiger partial charge in [-0.25, -0.2) is 0 Å². The normalized spacial score (nSPS) is 26.0. The molecule has 2 aromatic carbocycles. The average molecular weight is 618 g/mol. The number of anilines is 1. The van der Waals surface area contributed by atoms with Crippen molar-refractivity contribution in [1.29, 1.82) is 0 Å². The minimum absolute atomic E-state index is 0.0374. The van der Waals surface area contributed by atoms with Gasteiger partial charge in [-0.05, 0) is 107 Å². The molecule has 3 fully saturated rings. The molecule has 246 valence electrons. The zero-order valence-corrected chi connectivity index (χ0v) is 28.4. The van der Waals surface area contributed by atoms with Crippen molar-refractivity contribution in [2.75, 3.05) is 58.4 Å². The lowest BCUT2D eigenvalue weighted by molar-refractivity contribution is -0.129. The highest BCUT2D eigenvalue weighted by molar-refractivity contribution is 5.99. The van der Waals surface area contributed by atoms with Gasteiger partial charge in [0.1, 0.15) is 0 Å². The first-order valence-corrected chi connectivity index (χ1v) is 17.2. The summed E-state index contributed by atoms with van der Waals surface area (Å²) < 4.78 is 5.52. The molecule has 8 nitrogen and oxygen atoms in total. The summed E-state index contributed by atoms with van der Waals surface area (Å²) in [5.74, 6) is -0.0621. The van der Waals surface area contributed by atoms with Crippen LogP contribution in [0.2, 0.25) is 0 Å². The topological polar surface area (TPSA) is 77.1 Å². The first-order chi connectivity index (χ1) is 21.6. The highest BCUT2D eigenvalue weighted by atomic mass is 16.5. The fraction of sp³-hybridized carbons (Fsp3) is 0.622. The summed E-state index contributed by atoms with van der Waals surface area (Å²) in [6, 6.07) is 14.4. The molecule has 2 heterocycles. The van der Waals surface area contributed by atoms with Gasteiger partial charge in [0.05, 0.1) is 19.1 Å². The van der Waals surface area contributed by atoms with E-state index in [1.165, 1.54) is 18.4 Å². The fourth-order valence-corrected chi connectivity index (χ4v) is 7.71. The summed E-state index contributed by atoms with van der Waals surface area (Å²) >= 11 is 0. The van der Waals surface area contributed by atoms with Crippen molar-refractivity contribution < 1.29 is 14.3 Å². The lowest BCUT2D eigenvalue weighted by Gasteiger charge is -2.40. The highest BCUT2D eigenvalue weighted by Gasteiger charge is 2.33. The number of nitrogens with zero attached hydrogens (tertiary/aromatic N) is 3. The van der Waals surface area contributed by atoms with E-state index in [9.17, 15) is 9.59 Å². The molecule has 2 saturated heterocycles. The molecule has 2 aromatic rings. The zero-order chi connectivity index (χ0) is 32.1. The van der Waals surface area contributed by atoms with Gasteiger partial charge < -0.3 is 25.2 Å². The maximum absolute atomic E-state index is 13.9. The molecule has 45 heavy (non-hydrogen) atoms. The molecule has 5 rings (SSSR count). The number of amides is 2. The molecule has 2 aliphatic heterocycles. The number of piperidine rings is 1. The van der Waals surface area contributed by atoms with Crippen LogP contribution in [0.4, 0.5) is 5.69 Å². The number of morpholine rings is 1. The number of nitrogens with one attached hydrogen (secondary N) is 2. The van der Waals surface area contributed by atoms with Crippen molar-refractivity contribution in [3.63, 3.8) is 0 Å². The summed E-state index contributed by atoms with van der Waals surface area (Å²) in [6.07, 6.45) is 5.58. The van der Waals surface area contributed by atoms with E-state index >= 15 is 0 Å². The van der Waals surface area contributed by atoms with E-state index in [1.54, 1.807) is 0 Å². The van der Waals surface area contributed by atoms with Crippen LogP contribution in [0.1, 0.15) is 74.4 Å². The lowest BCUT2D eigenvalue weighted by Crippen LogP contribution is -2.50. The second kappa shape index (κ2) is 15.1. The van der Waals surface area contributed by atoms with Crippen LogP contribution in [0.3, 0.4) is 0 Å². The molecule has 0 radical (unpaired) electrons. The van der Waals surface area contributed by atoms with Crippen LogP contribution < -0.4 is 15.5 Å². The van der Waals surface area contributed by atoms with Crippen LogP contribution in [0.25, 0.3) is 11.1 Å². The van der Waals surface area contributed by atoms with Crippen LogP contribution in [0, 0.1) is 18.8 Å². The van der Waals surface area contributed by atoms with Crippen molar-refractivity contribution in [2.45, 2.75) is 84.5 Å². The van der Waals surface area contributed by atoms with E-state index in [2.05, 4.69) is 90.5 Å². The summed E-state index contributed by atoms with van der Waals surface area (Å²) in [5.41, 5.74) is 6.29. The molecule has 1 saturated carbocycles. The molecule has 0 bridgehead atoms. The zero-order valence-electron chi connectivity index (χ0n) is 28.4. The van der Waals surface area contributed by atoms with Gasteiger partial charge in [0, 0.05) is 62.1 Å². The van der Waals surface area contributed by atoms with Crippen molar-refractivity contribution in [2.24, 2.45) is 11.8 Å². The van der Waals surface area contributed by atoms with E-state index in [1.807, 2.05) is 13.0 Å². The van der Waals surface area contributed by atoms with Crippen LogP contribution in [-0.4, -0.2) is 93.2 Å². The number of carbonyl (C=O) groups excluding carboxylic acids is 2. The molecule has 3 aliphatic rings. The van der Waals surface area contributed by atoms with Gasteiger partial charge in [-0.1, -0.05) is 31.2 Å². The van der Waals surface area contributed by atoms with E-state index in [0.717, 1.165) is 81.0 Å². The molecule has 8 heteroatoms. The van der Waals surface area contributed by atoms with Gasteiger partial charge >= 0.3 is 0 Å². The third-order valence-corrected chi connectivity index (χ3v) is 10.5. The molecule has 3 atom stereocenters. The van der Waals surface area contributed by atoms with E-state index in [-0.39, 0.29) is 29.7 Å². The third kappa shape index (κ3) is 8.08. The highest BCUT2D eigenvalue weighted by Crippen LogP contribution is 2.36. The SMILES string of the molecule is CCN(c1cc(-c2ccc(CN3CCOCC3)cc2)cc(C(=O)NCC2C(=O)NC(C)CC2C)c1C)[C@H]1CC[C@H](N(C)C)CC1. The Kier molecular flexibility index (Phi) is 11.2. The van der Waals surface area contributed by atoms with Crippen LogP contribution in [-0.2, 0) is 16.1 Å². The summed E-state index contributed by atoms with van der Waals surface area (Å²) in [6.45, 7) is 14.1. The average Bonchev–Trinajstić information content (AvgIpc) is 3.02. The second-order valence-electron chi connectivity index (χ2n) is 13.9.